The van der Waals surface area contributed by atoms with E-state index in [0.717, 1.165) is 12.3 Å². The molecule has 0 aromatic rings. The van der Waals surface area contributed by atoms with E-state index < -0.39 is 5.60 Å². The first-order chi connectivity index (χ1) is 7.74. The summed E-state index contributed by atoms with van der Waals surface area (Å²) < 4.78 is 5.21. The van der Waals surface area contributed by atoms with Gasteiger partial charge in [0.25, 0.3) is 0 Å². The van der Waals surface area contributed by atoms with Gasteiger partial charge in [-0.1, -0.05) is 19.8 Å². The summed E-state index contributed by atoms with van der Waals surface area (Å²) in [6.07, 6.45) is 3.36. The van der Waals surface area contributed by atoms with Crippen LogP contribution in [0.15, 0.2) is 0 Å². The number of rotatable bonds is 5. The van der Waals surface area contributed by atoms with Crippen molar-refractivity contribution in [1.82, 2.24) is 5.32 Å². The highest BCUT2D eigenvalue weighted by Crippen LogP contribution is 2.39. The molecule has 17 heavy (non-hydrogen) atoms. The lowest BCUT2D eigenvalue weighted by Crippen LogP contribution is -2.42. The highest BCUT2D eigenvalue weighted by Gasteiger charge is 2.33. The third-order valence-electron chi connectivity index (χ3n) is 3.03. The van der Waals surface area contributed by atoms with Crippen molar-refractivity contribution in [3.63, 3.8) is 0 Å². The van der Waals surface area contributed by atoms with Crippen LogP contribution >= 0.6 is 0 Å². The molecule has 0 saturated heterocycles. The molecule has 0 heterocycles. The minimum absolute atomic E-state index is 0.00191. The summed E-state index contributed by atoms with van der Waals surface area (Å²) in [6.45, 7) is 8.90. The molecule has 1 unspecified atom stereocenters. The van der Waals surface area contributed by atoms with Crippen LogP contribution in [0.2, 0.25) is 0 Å². The average molecular weight is 242 g/mol. The number of hydrogen-bond acceptors (Lipinski definition) is 3. The van der Waals surface area contributed by atoms with E-state index in [0.29, 0.717) is 13.1 Å². The van der Waals surface area contributed by atoms with Crippen LogP contribution in [0, 0.1) is 11.3 Å². The molecule has 0 aromatic carbocycles. The molecule has 1 atom stereocenters. The molecule has 1 fully saturated rings. The van der Waals surface area contributed by atoms with E-state index in [1.807, 2.05) is 20.8 Å². The van der Waals surface area contributed by atoms with Gasteiger partial charge in [-0.2, -0.15) is 0 Å². The quantitative estimate of drug-likeness (QED) is 0.777. The first-order valence-corrected chi connectivity index (χ1v) is 6.41. The van der Waals surface area contributed by atoms with Gasteiger partial charge in [0.15, 0.2) is 0 Å². The van der Waals surface area contributed by atoms with Crippen LogP contribution in [-0.2, 0) is 4.74 Å². The fraction of sp³-hybridized carbons (Fsp3) is 0.923. The van der Waals surface area contributed by atoms with Gasteiger partial charge in [0, 0.05) is 6.54 Å². The normalized spacial score (nSPS) is 19.6. The molecule has 3 N–H and O–H groups in total. The number of carbonyl (C=O) groups is 1. The van der Waals surface area contributed by atoms with Gasteiger partial charge in [0.05, 0.1) is 0 Å². The third kappa shape index (κ3) is 5.91. The van der Waals surface area contributed by atoms with Gasteiger partial charge in [-0.25, -0.2) is 4.79 Å². The summed E-state index contributed by atoms with van der Waals surface area (Å²) in [5.41, 5.74) is 5.36. The molecule has 0 bridgehead atoms. The molecule has 0 aromatic heterocycles. The highest BCUT2D eigenvalue weighted by atomic mass is 16.6. The summed E-state index contributed by atoms with van der Waals surface area (Å²) in [6, 6.07) is 0. The molecule has 1 aliphatic carbocycles. The maximum atomic E-state index is 11.5. The van der Waals surface area contributed by atoms with E-state index in [1.165, 1.54) is 12.8 Å². The first-order valence-electron chi connectivity index (χ1n) is 6.41. The second kappa shape index (κ2) is 5.25. The van der Waals surface area contributed by atoms with Gasteiger partial charge < -0.3 is 15.8 Å². The lowest BCUT2D eigenvalue weighted by Gasteiger charge is -2.29. The van der Waals surface area contributed by atoms with Crippen molar-refractivity contribution in [3.8, 4) is 0 Å². The Balaban J connectivity index is 2.33. The van der Waals surface area contributed by atoms with E-state index in [2.05, 4.69) is 12.2 Å². The zero-order valence-corrected chi connectivity index (χ0v) is 11.5. The number of alkyl carbamates (subject to hydrolysis) is 1. The second-order valence-corrected chi connectivity index (χ2v) is 6.52. The summed E-state index contributed by atoms with van der Waals surface area (Å²) in [5, 5.41) is 2.82. The standard InChI is InChI=1S/C13H26N2O2/c1-12(2,3)17-11(16)15-9-13(4,8-14)7-10-5-6-10/h10H,5-9,14H2,1-4H3,(H,15,16). The van der Waals surface area contributed by atoms with Crippen LogP contribution in [0.5, 0.6) is 0 Å². The molecule has 0 aliphatic heterocycles. The summed E-state index contributed by atoms with van der Waals surface area (Å²) in [4.78, 5) is 11.5. The zero-order valence-electron chi connectivity index (χ0n) is 11.5. The molecule has 4 heteroatoms. The van der Waals surface area contributed by atoms with Gasteiger partial charge >= 0.3 is 6.09 Å². The van der Waals surface area contributed by atoms with Crippen molar-refractivity contribution in [3.05, 3.63) is 0 Å². The Bertz CT molecular complexity index is 269. The van der Waals surface area contributed by atoms with Crippen molar-refractivity contribution < 1.29 is 9.53 Å². The van der Waals surface area contributed by atoms with Crippen LogP contribution in [0.4, 0.5) is 4.79 Å². The molecule has 100 valence electrons. The van der Waals surface area contributed by atoms with Gasteiger partial charge in [-0.05, 0) is 45.1 Å². The molecule has 1 amide bonds. The number of carbonyl (C=O) groups excluding carboxylic acids is 1. The molecule has 1 saturated carbocycles. The summed E-state index contributed by atoms with van der Waals surface area (Å²) in [7, 11) is 0. The van der Waals surface area contributed by atoms with Crippen molar-refractivity contribution in [2.45, 2.75) is 52.6 Å². The molecular weight excluding hydrogens is 216 g/mol. The van der Waals surface area contributed by atoms with Crippen LogP contribution < -0.4 is 11.1 Å². The topological polar surface area (TPSA) is 64.3 Å². The van der Waals surface area contributed by atoms with Crippen LogP contribution in [0.25, 0.3) is 0 Å². The Morgan fingerprint density at radius 2 is 1.94 bits per heavy atom. The largest absolute Gasteiger partial charge is 0.444 e. The predicted molar refractivity (Wildman–Crippen MR) is 68.7 cm³/mol. The van der Waals surface area contributed by atoms with Crippen molar-refractivity contribution >= 4 is 6.09 Å². The molecule has 4 nitrogen and oxygen atoms in total. The van der Waals surface area contributed by atoms with Gasteiger partial charge in [-0.3, -0.25) is 0 Å². The highest BCUT2D eigenvalue weighted by molar-refractivity contribution is 5.67. The minimum atomic E-state index is -0.445. The van der Waals surface area contributed by atoms with E-state index in [9.17, 15) is 4.79 Å². The Morgan fingerprint density at radius 3 is 2.35 bits per heavy atom. The number of amides is 1. The second-order valence-electron chi connectivity index (χ2n) is 6.52. The lowest BCUT2D eigenvalue weighted by atomic mass is 9.84. The Morgan fingerprint density at radius 1 is 1.35 bits per heavy atom. The molecular formula is C13H26N2O2. The van der Waals surface area contributed by atoms with Gasteiger partial charge in [0.2, 0.25) is 0 Å². The SMILES string of the molecule is CC(CN)(CNC(=O)OC(C)(C)C)CC1CC1. The number of ether oxygens (including phenoxy) is 1. The van der Waals surface area contributed by atoms with Crippen molar-refractivity contribution in [2.24, 2.45) is 17.1 Å². The minimum Gasteiger partial charge on any atom is -0.444 e. The van der Waals surface area contributed by atoms with E-state index in [-0.39, 0.29) is 11.5 Å². The monoisotopic (exact) mass is 242 g/mol. The molecule has 0 radical (unpaired) electrons. The Labute approximate surface area is 104 Å². The van der Waals surface area contributed by atoms with Crippen LogP contribution in [0.3, 0.4) is 0 Å². The van der Waals surface area contributed by atoms with E-state index in [1.54, 1.807) is 0 Å². The third-order valence-corrected chi connectivity index (χ3v) is 3.03. The predicted octanol–water partition coefficient (Wildman–Crippen LogP) is 2.28. The number of nitrogens with one attached hydrogen (secondary N) is 1. The van der Waals surface area contributed by atoms with Crippen LogP contribution in [0.1, 0.15) is 47.0 Å². The fourth-order valence-corrected chi connectivity index (χ4v) is 1.85. The summed E-state index contributed by atoms with van der Waals surface area (Å²) >= 11 is 0. The Hall–Kier alpha value is -0.770. The van der Waals surface area contributed by atoms with E-state index >= 15 is 0 Å². The molecule has 1 rings (SSSR count). The van der Waals surface area contributed by atoms with Crippen molar-refractivity contribution in [1.29, 1.82) is 0 Å². The lowest BCUT2D eigenvalue weighted by molar-refractivity contribution is 0.0501. The maximum Gasteiger partial charge on any atom is 0.407 e. The van der Waals surface area contributed by atoms with Crippen LogP contribution in [-0.4, -0.2) is 24.8 Å². The van der Waals surface area contributed by atoms with Gasteiger partial charge in [0.1, 0.15) is 5.60 Å². The smallest absolute Gasteiger partial charge is 0.407 e. The Kier molecular flexibility index (Phi) is 4.42. The average Bonchev–Trinajstić information content (AvgIpc) is 2.96. The first kappa shape index (κ1) is 14.3. The van der Waals surface area contributed by atoms with Crippen molar-refractivity contribution in [2.75, 3.05) is 13.1 Å². The molecule has 1 aliphatic rings. The zero-order chi connectivity index (χ0) is 13.1. The number of nitrogens with two attached hydrogens (primary N) is 1. The fourth-order valence-electron chi connectivity index (χ4n) is 1.85. The molecule has 0 spiro atoms. The number of hydrogen-bond donors (Lipinski definition) is 2. The van der Waals surface area contributed by atoms with Gasteiger partial charge in [-0.15, -0.1) is 0 Å². The van der Waals surface area contributed by atoms with E-state index in [4.69, 9.17) is 10.5 Å². The maximum absolute atomic E-state index is 11.5. The summed E-state index contributed by atoms with van der Waals surface area (Å²) in [5.74, 6) is 0.809.